The SMILES string of the molecule is Sc1sc2ccc(Cl)cc2c1CCl. The quantitative estimate of drug-likeness (QED) is 0.555. The van der Waals surface area contributed by atoms with E-state index < -0.39 is 0 Å². The average molecular weight is 249 g/mol. The number of benzene rings is 1. The van der Waals surface area contributed by atoms with Gasteiger partial charge in [-0.2, -0.15) is 0 Å². The van der Waals surface area contributed by atoms with E-state index in [1.165, 1.54) is 4.70 Å². The average Bonchev–Trinajstić information content (AvgIpc) is 2.40. The Morgan fingerprint density at radius 1 is 1.38 bits per heavy atom. The lowest BCUT2D eigenvalue weighted by atomic mass is 10.2. The van der Waals surface area contributed by atoms with Crippen LogP contribution < -0.4 is 0 Å². The van der Waals surface area contributed by atoms with Crippen LogP contribution in [0.25, 0.3) is 10.1 Å². The first-order valence-electron chi connectivity index (χ1n) is 3.68. The zero-order chi connectivity index (χ0) is 9.42. The lowest BCUT2D eigenvalue weighted by molar-refractivity contribution is 1.40. The minimum Gasteiger partial charge on any atom is -0.132 e. The second-order valence-electron chi connectivity index (χ2n) is 2.66. The van der Waals surface area contributed by atoms with Crippen LogP contribution in [0.5, 0.6) is 0 Å². The van der Waals surface area contributed by atoms with Gasteiger partial charge in [0.25, 0.3) is 0 Å². The Morgan fingerprint density at radius 3 is 2.85 bits per heavy atom. The summed E-state index contributed by atoms with van der Waals surface area (Å²) in [6.07, 6.45) is 0. The van der Waals surface area contributed by atoms with Gasteiger partial charge in [0, 0.05) is 15.6 Å². The minimum absolute atomic E-state index is 0.485. The lowest BCUT2D eigenvalue weighted by Gasteiger charge is -1.94. The van der Waals surface area contributed by atoms with Gasteiger partial charge in [-0.15, -0.1) is 35.6 Å². The molecule has 0 nitrogen and oxygen atoms in total. The predicted octanol–water partition coefficient (Wildman–Crippen LogP) is 4.58. The summed E-state index contributed by atoms with van der Waals surface area (Å²) in [7, 11) is 0. The van der Waals surface area contributed by atoms with E-state index in [1.54, 1.807) is 11.3 Å². The molecular formula is C9H6Cl2S2. The smallest absolute Gasteiger partial charge is 0.0624 e. The Labute approximate surface area is 95.9 Å². The molecule has 0 aliphatic carbocycles. The number of thiophene rings is 1. The van der Waals surface area contributed by atoms with Crippen LogP contribution in [-0.4, -0.2) is 0 Å². The molecule has 4 heteroatoms. The molecule has 2 rings (SSSR count). The van der Waals surface area contributed by atoms with Gasteiger partial charge in [0.2, 0.25) is 0 Å². The van der Waals surface area contributed by atoms with Gasteiger partial charge < -0.3 is 0 Å². The van der Waals surface area contributed by atoms with Crippen LogP contribution >= 0.6 is 47.2 Å². The first-order chi connectivity index (χ1) is 6.22. The van der Waals surface area contributed by atoms with E-state index >= 15 is 0 Å². The zero-order valence-corrected chi connectivity index (χ0v) is 9.77. The summed E-state index contributed by atoms with van der Waals surface area (Å²) in [6, 6.07) is 5.81. The van der Waals surface area contributed by atoms with Crippen molar-refractivity contribution in [3.05, 3.63) is 28.8 Å². The lowest BCUT2D eigenvalue weighted by Crippen LogP contribution is -1.74. The van der Waals surface area contributed by atoms with Gasteiger partial charge in [0.05, 0.1) is 4.21 Å². The summed E-state index contributed by atoms with van der Waals surface area (Å²) in [4.78, 5) is 0. The molecule has 0 atom stereocenters. The van der Waals surface area contributed by atoms with Crippen LogP contribution in [0.3, 0.4) is 0 Å². The maximum atomic E-state index is 5.89. The van der Waals surface area contributed by atoms with E-state index in [2.05, 4.69) is 12.6 Å². The summed E-state index contributed by atoms with van der Waals surface area (Å²) >= 11 is 17.7. The van der Waals surface area contributed by atoms with Crippen molar-refractivity contribution in [1.29, 1.82) is 0 Å². The first-order valence-corrected chi connectivity index (χ1v) is 5.86. The van der Waals surface area contributed by atoms with Gasteiger partial charge >= 0.3 is 0 Å². The zero-order valence-electron chi connectivity index (χ0n) is 6.55. The number of alkyl halides is 1. The van der Waals surface area contributed by atoms with Gasteiger partial charge in [-0.3, -0.25) is 0 Å². The van der Waals surface area contributed by atoms with E-state index in [9.17, 15) is 0 Å². The molecule has 1 aromatic heterocycles. The molecule has 0 bridgehead atoms. The highest BCUT2D eigenvalue weighted by Crippen LogP contribution is 2.36. The normalized spacial score (nSPS) is 11.0. The summed E-state index contributed by atoms with van der Waals surface area (Å²) in [6.45, 7) is 0. The Bertz CT molecular complexity index is 448. The van der Waals surface area contributed by atoms with Crippen molar-refractivity contribution in [2.24, 2.45) is 0 Å². The van der Waals surface area contributed by atoms with E-state index in [0.717, 1.165) is 20.2 Å². The summed E-state index contributed by atoms with van der Waals surface area (Å²) < 4.78 is 2.16. The summed E-state index contributed by atoms with van der Waals surface area (Å²) in [5.74, 6) is 0.485. The molecule has 0 fully saturated rings. The van der Waals surface area contributed by atoms with E-state index in [-0.39, 0.29) is 0 Å². The van der Waals surface area contributed by atoms with Gasteiger partial charge in [-0.1, -0.05) is 11.6 Å². The number of halogens is 2. The second kappa shape index (κ2) is 3.70. The molecule has 0 amide bonds. The number of fused-ring (bicyclic) bond motifs is 1. The summed E-state index contributed by atoms with van der Waals surface area (Å²) in [5, 5.41) is 1.86. The molecule has 0 aliphatic rings. The number of thiol groups is 1. The van der Waals surface area contributed by atoms with Crippen LogP contribution in [0.2, 0.25) is 5.02 Å². The van der Waals surface area contributed by atoms with Crippen molar-refractivity contribution in [2.75, 3.05) is 0 Å². The molecule has 68 valence electrons. The third-order valence-electron chi connectivity index (χ3n) is 1.87. The van der Waals surface area contributed by atoms with Gasteiger partial charge in [0.15, 0.2) is 0 Å². The predicted molar refractivity (Wildman–Crippen MR) is 63.6 cm³/mol. The standard InChI is InChI=1S/C9H6Cl2S2/c10-4-7-6-3-5(11)1-2-8(6)13-9(7)12/h1-3,12H,4H2. The van der Waals surface area contributed by atoms with Crippen LogP contribution in [0.4, 0.5) is 0 Å². The van der Waals surface area contributed by atoms with Crippen molar-refractivity contribution in [3.63, 3.8) is 0 Å². The molecular weight excluding hydrogens is 243 g/mol. The molecule has 0 unspecified atom stereocenters. The highest BCUT2D eigenvalue weighted by Gasteiger charge is 2.08. The van der Waals surface area contributed by atoms with Gasteiger partial charge in [-0.25, -0.2) is 0 Å². The highest BCUT2D eigenvalue weighted by molar-refractivity contribution is 7.83. The van der Waals surface area contributed by atoms with Crippen molar-refractivity contribution in [1.82, 2.24) is 0 Å². The van der Waals surface area contributed by atoms with Gasteiger partial charge in [0.1, 0.15) is 0 Å². The topological polar surface area (TPSA) is 0 Å². The number of rotatable bonds is 1. The third-order valence-corrected chi connectivity index (χ3v) is 3.93. The maximum absolute atomic E-state index is 5.89. The largest absolute Gasteiger partial charge is 0.132 e. The molecule has 1 heterocycles. The number of hydrogen-bond acceptors (Lipinski definition) is 2. The molecule has 0 saturated heterocycles. The molecule has 0 aliphatic heterocycles. The fraction of sp³-hybridized carbons (Fsp3) is 0.111. The van der Waals surface area contributed by atoms with E-state index in [1.807, 2.05) is 18.2 Å². The molecule has 2 aromatic rings. The van der Waals surface area contributed by atoms with Crippen molar-refractivity contribution in [3.8, 4) is 0 Å². The molecule has 1 aromatic carbocycles. The molecule has 0 radical (unpaired) electrons. The fourth-order valence-electron chi connectivity index (χ4n) is 1.24. The molecule has 0 saturated carbocycles. The maximum Gasteiger partial charge on any atom is 0.0624 e. The summed E-state index contributed by atoms with van der Waals surface area (Å²) in [5.41, 5.74) is 1.08. The Hall–Kier alpha value is 0.110. The fourth-order valence-corrected chi connectivity index (χ4v) is 3.30. The molecule has 0 spiro atoms. The second-order valence-corrected chi connectivity index (χ2v) is 5.17. The number of hydrogen-bond donors (Lipinski definition) is 1. The van der Waals surface area contributed by atoms with Crippen LogP contribution in [0, 0.1) is 0 Å². The highest BCUT2D eigenvalue weighted by atomic mass is 35.5. The van der Waals surface area contributed by atoms with E-state index in [0.29, 0.717) is 5.88 Å². The molecule has 13 heavy (non-hydrogen) atoms. The Morgan fingerprint density at radius 2 is 2.15 bits per heavy atom. The monoisotopic (exact) mass is 248 g/mol. The van der Waals surface area contributed by atoms with Gasteiger partial charge in [-0.05, 0) is 29.1 Å². The van der Waals surface area contributed by atoms with Crippen LogP contribution in [0.1, 0.15) is 5.56 Å². The van der Waals surface area contributed by atoms with Crippen LogP contribution in [-0.2, 0) is 5.88 Å². The Balaban J connectivity index is 2.80. The van der Waals surface area contributed by atoms with Crippen molar-refractivity contribution >= 4 is 57.3 Å². The van der Waals surface area contributed by atoms with E-state index in [4.69, 9.17) is 23.2 Å². The molecule has 0 N–H and O–H groups in total. The van der Waals surface area contributed by atoms with Crippen LogP contribution in [0.15, 0.2) is 22.4 Å². The van der Waals surface area contributed by atoms with Crippen molar-refractivity contribution < 1.29 is 0 Å². The van der Waals surface area contributed by atoms with Crippen molar-refractivity contribution in [2.45, 2.75) is 10.1 Å². The third kappa shape index (κ3) is 1.68. The Kier molecular flexibility index (Phi) is 2.75. The minimum atomic E-state index is 0.485. The first kappa shape index (κ1) is 9.66.